The molecule has 1 aromatic rings. The number of ether oxygens (including phenoxy) is 1. The maximum Gasteiger partial charge on any atom is 0.255 e. The number of sulfone groups is 1. The molecule has 0 heterocycles. The number of carbonyl (C=O) groups is 1. The molecule has 0 spiro atoms. The molecule has 1 saturated carbocycles. The van der Waals surface area contributed by atoms with Crippen LogP contribution < -0.4 is 15.8 Å². The second-order valence-corrected chi connectivity index (χ2v) is 8.37. The Morgan fingerprint density at radius 2 is 2.09 bits per heavy atom. The van der Waals surface area contributed by atoms with E-state index in [2.05, 4.69) is 5.32 Å². The Morgan fingerprint density at radius 3 is 2.59 bits per heavy atom. The number of nitrogens with one attached hydrogen (secondary N) is 1. The highest BCUT2D eigenvalue weighted by Crippen LogP contribution is 2.46. The number of methoxy groups -OCH3 is 1. The molecule has 2 rings (SSSR count). The summed E-state index contributed by atoms with van der Waals surface area (Å²) in [5.41, 5.74) is 5.94. The molecule has 1 amide bonds. The van der Waals surface area contributed by atoms with Crippen LogP contribution >= 0.6 is 11.6 Å². The largest absolute Gasteiger partial charge is 0.496 e. The van der Waals surface area contributed by atoms with E-state index in [1.807, 2.05) is 0 Å². The number of hydrogen-bond donors (Lipinski definition) is 2. The van der Waals surface area contributed by atoms with Gasteiger partial charge >= 0.3 is 0 Å². The molecule has 0 unspecified atom stereocenters. The molecule has 1 aliphatic carbocycles. The van der Waals surface area contributed by atoms with Crippen LogP contribution in [0.1, 0.15) is 23.2 Å². The van der Waals surface area contributed by atoms with Crippen molar-refractivity contribution in [3.05, 3.63) is 22.7 Å². The van der Waals surface area contributed by atoms with Gasteiger partial charge in [-0.05, 0) is 18.9 Å². The van der Waals surface area contributed by atoms with Gasteiger partial charge in [0.1, 0.15) is 15.6 Å². The summed E-state index contributed by atoms with van der Waals surface area (Å²) in [6, 6.07) is 2.93. The molecule has 3 N–H and O–H groups in total. The molecule has 0 aliphatic heterocycles. The third-order valence-corrected chi connectivity index (χ3v) is 5.18. The molecule has 0 aromatic heterocycles. The predicted octanol–water partition coefficient (Wildman–Crippen LogP) is 1.49. The van der Waals surface area contributed by atoms with E-state index in [0.717, 1.165) is 12.8 Å². The number of benzene rings is 1. The lowest BCUT2D eigenvalue weighted by Gasteiger charge is -2.16. The summed E-state index contributed by atoms with van der Waals surface area (Å²) in [4.78, 5) is 12.3. The number of nitrogens with two attached hydrogens (primary N) is 1. The molecule has 122 valence electrons. The first kappa shape index (κ1) is 16.9. The molecular formula is C14H19ClN2O4S. The Kier molecular flexibility index (Phi) is 4.58. The number of hydrogen-bond acceptors (Lipinski definition) is 5. The lowest BCUT2D eigenvalue weighted by atomic mass is 10.1. The zero-order chi connectivity index (χ0) is 16.5. The van der Waals surface area contributed by atoms with Crippen molar-refractivity contribution in [1.82, 2.24) is 5.32 Å². The minimum Gasteiger partial charge on any atom is -0.496 e. The van der Waals surface area contributed by atoms with Crippen LogP contribution in [0.3, 0.4) is 0 Å². The van der Waals surface area contributed by atoms with Crippen LogP contribution in [0.2, 0.25) is 5.02 Å². The van der Waals surface area contributed by atoms with Crippen molar-refractivity contribution in [2.45, 2.75) is 12.8 Å². The van der Waals surface area contributed by atoms with E-state index in [-0.39, 0.29) is 27.7 Å². The van der Waals surface area contributed by atoms with Crippen LogP contribution in [-0.4, -0.2) is 40.0 Å². The van der Waals surface area contributed by atoms with E-state index < -0.39 is 9.84 Å². The summed E-state index contributed by atoms with van der Waals surface area (Å²) in [7, 11) is -1.63. The van der Waals surface area contributed by atoms with Gasteiger partial charge < -0.3 is 15.8 Å². The summed E-state index contributed by atoms with van der Waals surface area (Å²) in [5, 5.41) is 3.03. The fourth-order valence-electron chi connectivity index (χ4n) is 2.38. The Hall–Kier alpha value is -1.47. The molecular weight excluding hydrogens is 328 g/mol. The van der Waals surface area contributed by atoms with Crippen LogP contribution in [0.25, 0.3) is 0 Å². The first-order valence-electron chi connectivity index (χ1n) is 6.75. The van der Waals surface area contributed by atoms with Crippen LogP contribution in [0, 0.1) is 5.41 Å². The Balaban J connectivity index is 2.09. The number of anilines is 1. The van der Waals surface area contributed by atoms with Crippen LogP contribution in [-0.2, 0) is 9.84 Å². The van der Waals surface area contributed by atoms with Crippen molar-refractivity contribution in [3.63, 3.8) is 0 Å². The SMILES string of the molecule is COc1cc(N)c(Cl)cc1C(=O)NCC1(CS(C)(=O)=O)CC1. The van der Waals surface area contributed by atoms with Gasteiger partial charge in [-0.3, -0.25) is 4.79 Å². The molecule has 1 aromatic carbocycles. The van der Waals surface area contributed by atoms with Gasteiger partial charge in [0, 0.05) is 24.3 Å². The molecule has 0 atom stereocenters. The third kappa shape index (κ3) is 4.04. The second-order valence-electron chi connectivity index (χ2n) is 5.83. The zero-order valence-electron chi connectivity index (χ0n) is 12.5. The Bertz CT molecular complexity index is 699. The monoisotopic (exact) mass is 346 g/mol. The van der Waals surface area contributed by atoms with Crippen molar-refractivity contribution in [2.75, 3.05) is 31.4 Å². The Labute approximate surface area is 134 Å². The van der Waals surface area contributed by atoms with Crippen LogP contribution in [0.15, 0.2) is 12.1 Å². The lowest BCUT2D eigenvalue weighted by molar-refractivity contribution is 0.0943. The average Bonchev–Trinajstić information content (AvgIpc) is 3.16. The van der Waals surface area contributed by atoms with E-state index in [9.17, 15) is 13.2 Å². The van der Waals surface area contributed by atoms with Gasteiger partial charge in [0.2, 0.25) is 0 Å². The summed E-state index contributed by atoms with van der Waals surface area (Å²) in [6.07, 6.45) is 2.79. The first-order valence-corrected chi connectivity index (χ1v) is 9.19. The van der Waals surface area contributed by atoms with Gasteiger partial charge in [0.15, 0.2) is 0 Å². The smallest absolute Gasteiger partial charge is 0.255 e. The summed E-state index contributed by atoms with van der Waals surface area (Å²) in [5.74, 6) is 0.0470. The first-order chi connectivity index (χ1) is 10.2. The van der Waals surface area contributed by atoms with Gasteiger partial charge in [-0.25, -0.2) is 8.42 Å². The minimum atomic E-state index is -3.07. The van der Waals surface area contributed by atoms with E-state index in [4.69, 9.17) is 22.1 Å². The Morgan fingerprint density at radius 1 is 1.45 bits per heavy atom. The summed E-state index contributed by atoms with van der Waals surface area (Å²) >= 11 is 5.94. The lowest BCUT2D eigenvalue weighted by Crippen LogP contribution is -2.33. The highest BCUT2D eigenvalue weighted by molar-refractivity contribution is 7.90. The van der Waals surface area contributed by atoms with Crippen molar-refractivity contribution in [2.24, 2.45) is 5.41 Å². The predicted molar refractivity (Wildman–Crippen MR) is 86.1 cm³/mol. The number of carbonyl (C=O) groups excluding carboxylic acids is 1. The van der Waals surface area contributed by atoms with Crippen molar-refractivity contribution in [1.29, 1.82) is 0 Å². The normalized spacial score (nSPS) is 16.1. The number of nitrogen functional groups attached to an aromatic ring is 1. The standard InChI is InChI=1S/C14H19ClN2O4S/c1-21-12-6-11(16)10(15)5-9(12)13(18)17-7-14(3-4-14)8-22(2,19)20/h5-6H,3-4,7-8,16H2,1-2H3,(H,17,18). The molecule has 1 fully saturated rings. The van der Waals surface area contributed by atoms with E-state index in [1.54, 1.807) is 0 Å². The number of halogens is 1. The fourth-order valence-corrected chi connectivity index (χ4v) is 4.05. The summed E-state index contributed by atoms with van der Waals surface area (Å²) < 4.78 is 28.0. The highest BCUT2D eigenvalue weighted by atomic mass is 35.5. The maximum atomic E-state index is 12.3. The van der Waals surface area contributed by atoms with Crippen molar-refractivity contribution >= 4 is 33.0 Å². The molecule has 22 heavy (non-hydrogen) atoms. The van der Waals surface area contributed by atoms with Crippen LogP contribution in [0.4, 0.5) is 5.69 Å². The van der Waals surface area contributed by atoms with Crippen molar-refractivity contribution < 1.29 is 17.9 Å². The quantitative estimate of drug-likeness (QED) is 0.760. The minimum absolute atomic E-state index is 0.0832. The van der Waals surface area contributed by atoms with Gasteiger partial charge in [0.05, 0.1) is 29.1 Å². The van der Waals surface area contributed by atoms with E-state index in [1.165, 1.54) is 25.5 Å². The number of amides is 1. The molecule has 6 nitrogen and oxygen atoms in total. The molecule has 1 aliphatic rings. The van der Waals surface area contributed by atoms with Gasteiger partial charge in [0.25, 0.3) is 5.91 Å². The van der Waals surface area contributed by atoms with E-state index in [0.29, 0.717) is 18.0 Å². The fraction of sp³-hybridized carbons (Fsp3) is 0.500. The molecule has 0 radical (unpaired) electrons. The van der Waals surface area contributed by atoms with Gasteiger partial charge in [-0.15, -0.1) is 0 Å². The zero-order valence-corrected chi connectivity index (χ0v) is 14.1. The summed E-state index contributed by atoms with van der Waals surface area (Å²) in [6.45, 7) is 0.310. The molecule has 0 bridgehead atoms. The highest BCUT2D eigenvalue weighted by Gasteiger charge is 2.45. The molecule has 8 heteroatoms. The third-order valence-electron chi connectivity index (χ3n) is 3.71. The second kappa shape index (κ2) is 5.96. The van der Waals surface area contributed by atoms with Crippen LogP contribution in [0.5, 0.6) is 5.75 Å². The maximum absolute atomic E-state index is 12.3. The van der Waals surface area contributed by atoms with Crippen molar-refractivity contribution in [3.8, 4) is 5.75 Å². The number of rotatable bonds is 6. The molecule has 0 saturated heterocycles. The van der Waals surface area contributed by atoms with Gasteiger partial charge in [-0.2, -0.15) is 0 Å². The average molecular weight is 347 g/mol. The topological polar surface area (TPSA) is 98.5 Å². The van der Waals surface area contributed by atoms with E-state index >= 15 is 0 Å². The van der Waals surface area contributed by atoms with Gasteiger partial charge in [-0.1, -0.05) is 11.6 Å².